The van der Waals surface area contributed by atoms with Crippen LogP contribution in [0.3, 0.4) is 0 Å². The molecule has 1 heterocycles. The maximum atomic E-state index is 12.5. The lowest BCUT2D eigenvalue weighted by Crippen LogP contribution is -2.39. The van der Waals surface area contributed by atoms with Crippen molar-refractivity contribution in [2.75, 3.05) is 11.4 Å². The number of hydrogen-bond donors (Lipinski definition) is 0. The number of ketones is 1. The Labute approximate surface area is 104 Å². The predicted molar refractivity (Wildman–Crippen MR) is 62.8 cm³/mol. The highest BCUT2D eigenvalue weighted by atomic mass is 19.4. The standard InChI is InChI=1S/C12H15F3N2O/c1-8(2)17(7-12(13,14)15)11-6-10(9(3)18)4-5-16-11/h4-6,8H,7H2,1-3H3. The number of pyridine rings is 1. The highest BCUT2D eigenvalue weighted by Crippen LogP contribution is 2.23. The molecule has 0 aliphatic rings. The fourth-order valence-corrected chi connectivity index (χ4v) is 1.52. The van der Waals surface area contributed by atoms with E-state index in [1.54, 1.807) is 13.8 Å². The first-order chi connectivity index (χ1) is 8.20. The van der Waals surface area contributed by atoms with E-state index in [1.165, 1.54) is 25.3 Å². The van der Waals surface area contributed by atoms with Crippen molar-refractivity contribution in [3.8, 4) is 0 Å². The zero-order chi connectivity index (χ0) is 13.9. The van der Waals surface area contributed by atoms with Crippen LogP contribution in [-0.4, -0.2) is 29.5 Å². The number of anilines is 1. The average molecular weight is 260 g/mol. The van der Waals surface area contributed by atoms with Gasteiger partial charge in [-0.25, -0.2) is 4.98 Å². The molecule has 0 amide bonds. The van der Waals surface area contributed by atoms with Crippen LogP contribution in [0, 0.1) is 0 Å². The highest BCUT2D eigenvalue weighted by molar-refractivity contribution is 5.94. The fraction of sp³-hybridized carbons (Fsp3) is 0.500. The molecule has 0 atom stereocenters. The summed E-state index contributed by atoms with van der Waals surface area (Å²) in [7, 11) is 0. The Morgan fingerprint density at radius 2 is 2.06 bits per heavy atom. The lowest BCUT2D eigenvalue weighted by Gasteiger charge is -2.28. The van der Waals surface area contributed by atoms with Gasteiger partial charge in [0.25, 0.3) is 0 Å². The molecule has 1 rings (SSSR count). The number of aromatic nitrogens is 1. The first-order valence-corrected chi connectivity index (χ1v) is 5.51. The number of hydrogen-bond acceptors (Lipinski definition) is 3. The molecular formula is C12H15F3N2O. The predicted octanol–water partition coefficient (Wildman–Crippen LogP) is 3.06. The van der Waals surface area contributed by atoms with Gasteiger partial charge in [-0.05, 0) is 32.9 Å². The van der Waals surface area contributed by atoms with Crippen LogP contribution in [0.2, 0.25) is 0 Å². The van der Waals surface area contributed by atoms with Crippen molar-refractivity contribution in [3.63, 3.8) is 0 Å². The maximum absolute atomic E-state index is 12.5. The number of halogens is 3. The lowest BCUT2D eigenvalue weighted by molar-refractivity contribution is -0.120. The number of carbonyl (C=O) groups is 1. The van der Waals surface area contributed by atoms with Crippen molar-refractivity contribution in [3.05, 3.63) is 23.9 Å². The van der Waals surface area contributed by atoms with Crippen molar-refractivity contribution >= 4 is 11.6 Å². The van der Waals surface area contributed by atoms with Crippen LogP contribution in [0.15, 0.2) is 18.3 Å². The van der Waals surface area contributed by atoms with Gasteiger partial charge in [0.05, 0.1) is 0 Å². The number of Topliss-reactive ketones (excluding diaryl/α,β-unsaturated/α-hetero) is 1. The first-order valence-electron chi connectivity index (χ1n) is 5.51. The molecule has 0 unspecified atom stereocenters. The zero-order valence-electron chi connectivity index (χ0n) is 10.5. The van der Waals surface area contributed by atoms with Gasteiger partial charge in [0, 0.05) is 17.8 Å². The smallest absolute Gasteiger partial charge is 0.345 e. The maximum Gasteiger partial charge on any atom is 0.405 e. The van der Waals surface area contributed by atoms with Gasteiger partial charge in [-0.2, -0.15) is 13.2 Å². The van der Waals surface area contributed by atoms with Gasteiger partial charge in [-0.15, -0.1) is 0 Å². The van der Waals surface area contributed by atoms with Crippen molar-refractivity contribution < 1.29 is 18.0 Å². The molecule has 0 bridgehead atoms. The Bertz CT molecular complexity index is 430. The molecule has 3 nitrogen and oxygen atoms in total. The van der Waals surface area contributed by atoms with Gasteiger partial charge in [0.2, 0.25) is 0 Å². The van der Waals surface area contributed by atoms with Crippen LogP contribution >= 0.6 is 0 Å². The van der Waals surface area contributed by atoms with Gasteiger partial charge in [-0.3, -0.25) is 4.79 Å². The third kappa shape index (κ3) is 4.01. The Hall–Kier alpha value is -1.59. The molecule has 0 aromatic carbocycles. The summed E-state index contributed by atoms with van der Waals surface area (Å²) in [5, 5.41) is 0. The van der Waals surface area contributed by atoms with Crippen LogP contribution in [-0.2, 0) is 0 Å². The summed E-state index contributed by atoms with van der Waals surface area (Å²) in [6.07, 6.45) is -2.96. The van der Waals surface area contributed by atoms with Crippen LogP contribution < -0.4 is 4.90 Å². The molecule has 100 valence electrons. The van der Waals surface area contributed by atoms with Crippen LogP contribution in [0.25, 0.3) is 0 Å². The molecule has 1 aromatic rings. The second-order valence-corrected chi connectivity index (χ2v) is 4.30. The molecule has 0 fully saturated rings. The molecule has 18 heavy (non-hydrogen) atoms. The van der Waals surface area contributed by atoms with Gasteiger partial charge in [0.1, 0.15) is 12.4 Å². The third-order valence-electron chi connectivity index (χ3n) is 2.42. The van der Waals surface area contributed by atoms with E-state index in [2.05, 4.69) is 4.98 Å². The number of nitrogens with zero attached hydrogens (tertiary/aromatic N) is 2. The molecule has 0 aliphatic carbocycles. The number of rotatable bonds is 4. The second-order valence-electron chi connectivity index (χ2n) is 4.30. The van der Waals surface area contributed by atoms with Crippen molar-refractivity contribution in [1.82, 2.24) is 4.98 Å². The average Bonchev–Trinajstić information content (AvgIpc) is 2.24. The molecule has 0 spiro atoms. The molecule has 6 heteroatoms. The van der Waals surface area contributed by atoms with Crippen LogP contribution in [0.1, 0.15) is 31.1 Å². The van der Waals surface area contributed by atoms with Gasteiger partial charge in [-0.1, -0.05) is 0 Å². The topological polar surface area (TPSA) is 33.2 Å². The molecule has 1 aromatic heterocycles. The van der Waals surface area contributed by atoms with Gasteiger partial charge >= 0.3 is 6.18 Å². The summed E-state index contributed by atoms with van der Waals surface area (Å²) in [6, 6.07) is 2.51. The van der Waals surface area contributed by atoms with E-state index in [9.17, 15) is 18.0 Å². The summed E-state index contributed by atoms with van der Waals surface area (Å²) in [4.78, 5) is 16.2. The monoisotopic (exact) mass is 260 g/mol. The van der Waals surface area contributed by atoms with Gasteiger partial charge < -0.3 is 4.90 Å². The van der Waals surface area contributed by atoms with E-state index in [4.69, 9.17) is 0 Å². The summed E-state index contributed by atoms with van der Waals surface area (Å²) in [6.45, 7) is 3.57. The molecule has 0 N–H and O–H groups in total. The quantitative estimate of drug-likeness (QED) is 0.780. The Morgan fingerprint density at radius 1 is 1.44 bits per heavy atom. The second kappa shape index (κ2) is 5.37. The SMILES string of the molecule is CC(=O)c1ccnc(N(CC(F)(F)F)C(C)C)c1. The largest absolute Gasteiger partial charge is 0.405 e. The zero-order valence-corrected chi connectivity index (χ0v) is 10.5. The van der Waals surface area contributed by atoms with Crippen molar-refractivity contribution in [2.24, 2.45) is 0 Å². The van der Waals surface area contributed by atoms with Crippen LogP contribution in [0.4, 0.5) is 19.0 Å². The number of alkyl halides is 3. The lowest BCUT2D eigenvalue weighted by atomic mass is 10.2. The number of carbonyl (C=O) groups excluding carboxylic acids is 1. The minimum atomic E-state index is -4.31. The fourth-order valence-electron chi connectivity index (χ4n) is 1.52. The first kappa shape index (κ1) is 14.5. The molecular weight excluding hydrogens is 245 g/mol. The minimum Gasteiger partial charge on any atom is -0.345 e. The van der Waals surface area contributed by atoms with E-state index in [1.807, 2.05) is 0 Å². The van der Waals surface area contributed by atoms with Gasteiger partial charge in [0.15, 0.2) is 5.78 Å². The van der Waals surface area contributed by atoms with E-state index in [-0.39, 0.29) is 17.6 Å². The van der Waals surface area contributed by atoms with E-state index in [0.717, 1.165) is 4.90 Å². The summed E-state index contributed by atoms with van der Waals surface area (Å²) in [5.41, 5.74) is 0.354. The minimum absolute atomic E-state index is 0.162. The highest BCUT2D eigenvalue weighted by Gasteiger charge is 2.32. The van der Waals surface area contributed by atoms with E-state index < -0.39 is 12.7 Å². The summed E-state index contributed by atoms with van der Waals surface area (Å²) < 4.78 is 37.4. The normalized spacial score (nSPS) is 11.7. The molecule has 0 aliphatic heterocycles. The molecule has 0 saturated heterocycles. The Kier molecular flexibility index (Phi) is 4.32. The van der Waals surface area contributed by atoms with E-state index >= 15 is 0 Å². The van der Waals surface area contributed by atoms with Crippen LogP contribution in [0.5, 0.6) is 0 Å². The third-order valence-corrected chi connectivity index (χ3v) is 2.42. The summed E-state index contributed by atoms with van der Waals surface area (Å²) in [5.74, 6) is -0.0376. The van der Waals surface area contributed by atoms with E-state index in [0.29, 0.717) is 5.56 Å². The molecule has 0 radical (unpaired) electrons. The molecule has 0 saturated carbocycles. The Morgan fingerprint density at radius 3 is 2.50 bits per heavy atom. The van der Waals surface area contributed by atoms with Crippen molar-refractivity contribution in [1.29, 1.82) is 0 Å². The Balaban J connectivity index is 3.06. The van der Waals surface area contributed by atoms with Crippen molar-refractivity contribution in [2.45, 2.75) is 33.0 Å². The summed E-state index contributed by atoms with van der Waals surface area (Å²) >= 11 is 0.